The van der Waals surface area contributed by atoms with Gasteiger partial charge in [0.25, 0.3) is 5.60 Å². The van der Waals surface area contributed by atoms with Crippen molar-refractivity contribution in [3.05, 3.63) is 47.1 Å². The molecule has 0 radical (unpaired) electrons. The first-order valence-electron chi connectivity index (χ1n) is 13.8. The average Bonchev–Trinajstić information content (AvgIpc) is 3.17. The molecule has 0 saturated heterocycles. The lowest BCUT2D eigenvalue weighted by molar-refractivity contribution is -0.347. The van der Waals surface area contributed by atoms with Gasteiger partial charge in [-0.1, -0.05) is 54.9 Å². The Labute approximate surface area is 236 Å². The molecule has 1 N–H and O–H groups in total. The molecular weight excluding hydrogens is 554 g/mol. The van der Waals surface area contributed by atoms with Crippen molar-refractivity contribution in [2.24, 2.45) is 17.3 Å². The number of ether oxygens (including phenoxy) is 2. The zero-order valence-corrected chi connectivity index (χ0v) is 23.7. The van der Waals surface area contributed by atoms with E-state index in [2.05, 4.69) is 13.0 Å². The standard InChI is InChI=1S/C30H38F6O5/c1-18(7-5-14-28(39,29(31,32)33)30(34,35)36)25-11-12-26-22(8-6-13-27(25,26)4)10-9-21-15-23(40-19(2)37)17-24(16-21)41-20(3)38/h5,9-11,14,18,23-24,26,39H,6-8,12-13,15-17H2,1-4H3/b14-5-,21-9-,22-10+/t18?,23?,24-,26?,27-/m1/s1. The number of halogens is 6. The monoisotopic (exact) mass is 592 g/mol. The van der Waals surface area contributed by atoms with Crippen molar-refractivity contribution < 1.29 is 50.5 Å². The van der Waals surface area contributed by atoms with Crippen LogP contribution in [0.5, 0.6) is 0 Å². The topological polar surface area (TPSA) is 72.8 Å². The molecule has 3 unspecified atom stereocenters. The molecule has 0 aromatic heterocycles. The molecule has 11 heteroatoms. The summed E-state index contributed by atoms with van der Waals surface area (Å²) in [5.41, 5.74) is -2.02. The quantitative estimate of drug-likeness (QED) is 0.189. The number of hydrogen-bond acceptors (Lipinski definition) is 5. The first-order chi connectivity index (χ1) is 18.9. The van der Waals surface area contributed by atoms with Gasteiger partial charge in [-0.15, -0.1) is 0 Å². The van der Waals surface area contributed by atoms with Crippen LogP contribution in [0.1, 0.15) is 79.1 Å². The van der Waals surface area contributed by atoms with Gasteiger partial charge >= 0.3 is 24.3 Å². The van der Waals surface area contributed by atoms with E-state index in [1.165, 1.54) is 19.4 Å². The number of fused-ring (bicyclic) bond motifs is 1. The SMILES string of the molecule is CC(=O)OC1C/C(=C/C=C2\CCC[C@]3(C)C(C(C)C/C=C\C(O)(C(F)(F)F)C(F)(F)F)=CCC23)C[C@@H](OC(C)=O)C1. The lowest BCUT2D eigenvalue weighted by Crippen LogP contribution is -2.55. The van der Waals surface area contributed by atoms with Gasteiger partial charge in [0.1, 0.15) is 12.2 Å². The number of esters is 2. The van der Waals surface area contributed by atoms with E-state index in [9.17, 15) is 41.0 Å². The van der Waals surface area contributed by atoms with E-state index >= 15 is 0 Å². The van der Waals surface area contributed by atoms with Gasteiger partial charge in [-0.2, -0.15) is 26.3 Å². The van der Waals surface area contributed by atoms with Gasteiger partial charge in [0, 0.05) is 33.1 Å². The van der Waals surface area contributed by atoms with Crippen LogP contribution in [0.2, 0.25) is 0 Å². The van der Waals surface area contributed by atoms with E-state index < -0.39 is 42.1 Å². The van der Waals surface area contributed by atoms with E-state index in [1.807, 2.05) is 12.2 Å². The number of alkyl halides is 6. The molecule has 0 amide bonds. The maximum absolute atomic E-state index is 13.0. The zero-order chi connectivity index (χ0) is 30.8. The van der Waals surface area contributed by atoms with E-state index in [4.69, 9.17) is 9.47 Å². The molecule has 0 spiro atoms. The predicted molar refractivity (Wildman–Crippen MR) is 139 cm³/mol. The Morgan fingerprint density at radius 2 is 1.61 bits per heavy atom. The molecule has 3 aliphatic rings. The summed E-state index contributed by atoms with van der Waals surface area (Å²) in [5.74, 6) is -1.01. The van der Waals surface area contributed by atoms with Gasteiger partial charge in [0.2, 0.25) is 0 Å². The van der Waals surface area contributed by atoms with Crippen LogP contribution in [0.4, 0.5) is 26.3 Å². The molecule has 2 saturated carbocycles. The van der Waals surface area contributed by atoms with Crippen LogP contribution in [0, 0.1) is 17.3 Å². The fourth-order valence-corrected chi connectivity index (χ4v) is 6.67. The van der Waals surface area contributed by atoms with Crippen molar-refractivity contribution in [2.45, 2.75) is 109 Å². The summed E-state index contributed by atoms with van der Waals surface area (Å²) in [5, 5.41) is 9.41. The molecule has 41 heavy (non-hydrogen) atoms. The fraction of sp³-hybridized carbons (Fsp3) is 0.667. The summed E-state index contributed by atoms with van der Waals surface area (Å²) in [4.78, 5) is 23.0. The lowest BCUT2D eigenvalue weighted by Gasteiger charge is -2.42. The molecule has 0 aromatic rings. The maximum atomic E-state index is 13.0. The Kier molecular flexibility index (Phi) is 9.93. The van der Waals surface area contributed by atoms with Crippen LogP contribution < -0.4 is 0 Å². The van der Waals surface area contributed by atoms with Gasteiger partial charge < -0.3 is 14.6 Å². The maximum Gasteiger partial charge on any atom is 0.429 e. The Morgan fingerprint density at radius 3 is 2.12 bits per heavy atom. The largest absolute Gasteiger partial charge is 0.462 e. The molecule has 5 nitrogen and oxygen atoms in total. The summed E-state index contributed by atoms with van der Waals surface area (Å²) < 4.78 is 88.9. The van der Waals surface area contributed by atoms with Crippen LogP contribution in [0.3, 0.4) is 0 Å². The minimum absolute atomic E-state index is 0.0826. The van der Waals surface area contributed by atoms with Crippen molar-refractivity contribution in [3.8, 4) is 0 Å². The average molecular weight is 593 g/mol. The first kappa shape index (κ1) is 32.9. The highest BCUT2D eigenvalue weighted by atomic mass is 19.4. The Bertz CT molecular complexity index is 1080. The number of rotatable bonds is 7. The Balaban J connectivity index is 1.75. The molecule has 2 fully saturated rings. The minimum Gasteiger partial charge on any atom is -0.462 e. The Hall–Kier alpha value is -2.56. The van der Waals surface area contributed by atoms with E-state index in [0.29, 0.717) is 25.7 Å². The number of hydrogen-bond donors (Lipinski definition) is 1. The summed E-state index contributed by atoms with van der Waals surface area (Å²) in [7, 11) is 0. The lowest BCUT2D eigenvalue weighted by atomic mass is 9.62. The van der Waals surface area contributed by atoms with Crippen LogP contribution in [-0.4, -0.2) is 47.2 Å². The highest BCUT2D eigenvalue weighted by molar-refractivity contribution is 5.67. The third kappa shape index (κ3) is 7.45. The molecule has 0 heterocycles. The van der Waals surface area contributed by atoms with Gasteiger partial charge in [-0.05, 0) is 55.4 Å². The Morgan fingerprint density at radius 1 is 1.05 bits per heavy atom. The van der Waals surface area contributed by atoms with Crippen molar-refractivity contribution in [1.29, 1.82) is 0 Å². The molecular formula is C30H38F6O5. The van der Waals surface area contributed by atoms with E-state index in [1.54, 1.807) is 6.92 Å². The molecule has 0 aromatic carbocycles. The van der Waals surface area contributed by atoms with Crippen LogP contribution >= 0.6 is 0 Å². The molecule has 3 rings (SSSR count). The van der Waals surface area contributed by atoms with Gasteiger partial charge in [0.05, 0.1) is 0 Å². The van der Waals surface area contributed by atoms with Crippen LogP contribution in [-0.2, 0) is 19.1 Å². The van der Waals surface area contributed by atoms with Crippen molar-refractivity contribution in [2.75, 3.05) is 0 Å². The molecule has 3 aliphatic carbocycles. The number of allylic oxidation sites excluding steroid dienone is 6. The third-order valence-corrected chi connectivity index (χ3v) is 8.56. The zero-order valence-electron chi connectivity index (χ0n) is 23.7. The third-order valence-electron chi connectivity index (χ3n) is 8.56. The van der Waals surface area contributed by atoms with Crippen molar-refractivity contribution >= 4 is 11.9 Å². The summed E-state index contributed by atoms with van der Waals surface area (Å²) in [6.07, 6.45) is -1.22. The highest BCUT2D eigenvalue weighted by Crippen LogP contribution is 2.57. The molecule has 0 aliphatic heterocycles. The summed E-state index contributed by atoms with van der Waals surface area (Å²) in [6, 6.07) is 0. The second-order valence-electron chi connectivity index (χ2n) is 11.7. The predicted octanol–water partition coefficient (Wildman–Crippen LogP) is 7.46. The van der Waals surface area contributed by atoms with Crippen LogP contribution in [0.15, 0.2) is 47.1 Å². The normalized spacial score (nSPS) is 30.3. The van der Waals surface area contributed by atoms with Gasteiger partial charge in [0.15, 0.2) is 0 Å². The molecule has 230 valence electrons. The molecule has 5 atom stereocenters. The van der Waals surface area contributed by atoms with E-state index in [-0.39, 0.29) is 29.7 Å². The summed E-state index contributed by atoms with van der Waals surface area (Å²) >= 11 is 0. The summed E-state index contributed by atoms with van der Waals surface area (Å²) in [6.45, 7) is 6.53. The van der Waals surface area contributed by atoms with Crippen molar-refractivity contribution in [3.63, 3.8) is 0 Å². The van der Waals surface area contributed by atoms with Gasteiger partial charge in [-0.3, -0.25) is 9.59 Å². The number of carbonyl (C=O) groups is 2. The first-order valence-corrected chi connectivity index (χ1v) is 13.8. The molecule has 0 bridgehead atoms. The number of aliphatic hydroxyl groups is 1. The van der Waals surface area contributed by atoms with E-state index in [0.717, 1.165) is 36.5 Å². The smallest absolute Gasteiger partial charge is 0.429 e. The second-order valence-corrected chi connectivity index (χ2v) is 11.7. The second kappa shape index (κ2) is 12.4. The number of carbonyl (C=O) groups excluding carboxylic acids is 2. The van der Waals surface area contributed by atoms with Crippen LogP contribution in [0.25, 0.3) is 0 Å². The van der Waals surface area contributed by atoms with Crippen molar-refractivity contribution in [1.82, 2.24) is 0 Å². The highest BCUT2D eigenvalue weighted by Gasteiger charge is 2.68. The fourth-order valence-electron chi connectivity index (χ4n) is 6.67. The minimum atomic E-state index is -5.89. The van der Waals surface area contributed by atoms with Gasteiger partial charge in [-0.25, -0.2) is 0 Å².